The van der Waals surface area contributed by atoms with E-state index in [1.807, 2.05) is 43.3 Å². The number of hydrogen-bond acceptors (Lipinski definition) is 2. The highest BCUT2D eigenvalue weighted by Crippen LogP contribution is 2.18. The lowest BCUT2D eigenvalue weighted by molar-refractivity contribution is -0.121. The molecule has 3 nitrogen and oxygen atoms in total. The van der Waals surface area contributed by atoms with Crippen molar-refractivity contribution in [1.82, 2.24) is 10.6 Å². The van der Waals surface area contributed by atoms with Crippen molar-refractivity contribution in [3.63, 3.8) is 0 Å². The second-order valence-corrected chi connectivity index (χ2v) is 6.87. The molecule has 0 spiro atoms. The van der Waals surface area contributed by atoms with Gasteiger partial charge in [-0.2, -0.15) is 0 Å². The lowest BCUT2D eigenvalue weighted by atomic mass is 9.99. The van der Waals surface area contributed by atoms with Gasteiger partial charge in [0.2, 0.25) is 5.91 Å². The number of amides is 1. The number of halogens is 1. The third-order valence-corrected chi connectivity index (χ3v) is 4.74. The first-order valence-corrected chi connectivity index (χ1v) is 9.49. The number of carbonyl (C=O) groups excluding carboxylic acids is 1. The Labute approximate surface area is 165 Å². The van der Waals surface area contributed by atoms with E-state index in [0.717, 1.165) is 17.5 Å². The minimum absolute atomic E-state index is 0.0375. The van der Waals surface area contributed by atoms with Crippen LogP contribution in [-0.2, 0) is 11.2 Å². The van der Waals surface area contributed by atoms with Crippen LogP contribution in [0.5, 0.6) is 0 Å². The fourth-order valence-corrected chi connectivity index (χ4v) is 3.19. The maximum Gasteiger partial charge on any atom is 0.234 e. The summed E-state index contributed by atoms with van der Waals surface area (Å²) in [6.07, 6.45) is 0.797. The molecule has 0 bridgehead atoms. The maximum atomic E-state index is 13.1. The Hall–Kier alpha value is -2.98. The van der Waals surface area contributed by atoms with Crippen LogP contribution in [-0.4, -0.2) is 12.5 Å². The average molecular weight is 376 g/mol. The van der Waals surface area contributed by atoms with Crippen LogP contribution in [0.25, 0.3) is 0 Å². The Kier molecular flexibility index (Phi) is 6.93. The van der Waals surface area contributed by atoms with Gasteiger partial charge < -0.3 is 10.6 Å². The summed E-state index contributed by atoms with van der Waals surface area (Å²) in [6, 6.07) is 26.4. The van der Waals surface area contributed by atoms with E-state index >= 15 is 0 Å². The molecule has 0 radical (unpaired) electrons. The molecule has 0 aliphatic heterocycles. The van der Waals surface area contributed by atoms with E-state index in [-0.39, 0.29) is 30.4 Å². The normalized spacial score (nSPS) is 12.9. The van der Waals surface area contributed by atoms with Crippen LogP contribution in [0.2, 0.25) is 0 Å². The smallest absolute Gasteiger partial charge is 0.234 e. The molecule has 2 atom stereocenters. The topological polar surface area (TPSA) is 41.1 Å². The van der Waals surface area contributed by atoms with E-state index in [2.05, 4.69) is 34.9 Å². The molecule has 0 saturated carbocycles. The van der Waals surface area contributed by atoms with Gasteiger partial charge >= 0.3 is 0 Å². The van der Waals surface area contributed by atoms with Crippen LogP contribution in [0.15, 0.2) is 84.9 Å². The number of hydrogen-bond donors (Lipinski definition) is 2. The second-order valence-electron chi connectivity index (χ2n) is 6.87. The fourth-order valence-electron chi connectivity index (χ4n) is 3.19. The third kappa shape index (κ3) is 5.76. The van der Waals surface area contributed by atoms with Crippen molar-refractivity contribution in [1.29, 1.82) is 0 Å². The highest BCUT2D eigenvalue weighted by atomic mass is 19.1. The molecule has 2 unspecified atom stereocenters. The first-order valence-electron chi connectivity index (χ1n) is 9.49. The number of benzene rings is 3. The molecule has 0 aliphatic rings. The van der Waals surface area contributed by atoms with Crippen LogP contribution in [0.3, 0.4) is 0 Å². The first kappa shape index (κ1) is 19.8. The highest BCUT2D eigenvalue weighted by Gasteiger charge is 2.15. The van der Waals surface area contributed by atoms with Gasteiger partial charge in [-0.3, -0.25) is 4.79 Å². The van der Waals surface area contributed by atoms with Crippen molar-refractivity contribution < 1.29 is 9.18 Å². The lowest BCUT2D eigenvalue weighted by Crippen LogP contribution is -2.37. The van der Waals surface area contributed by atoms with Crippen LogP contribution < -0.4 is 10.6 Å². The summed E-state index contributed by atoms with van der Waals surface area (Å²) in [5.41, 5.74) is 3.23. The Morgan fingerprint density at radius 1 is 0.857 bits per heavy atom. The Morgan fingerprint density at radius 3 is 2.11 bits per heavy atom. The van der Waals surface area contributed by atoms with Crippen molar-refractivity contribution in [3.05, 3.63) is 107 Å². The molecule has 0 heterocycles. The summed E-state index contributed by atoms with van der Waals surface area (Å²) in [5, 5.41) is 6.34. The van der Waals surface area contributed by atoms with E-state index in [9.17, 15) is 9.18 Å². The van der Waals surface area contributed by atoms with Crippen LogP contribution in [0.1, 0.15) is 35.7 Å². The zero-order chi connectivity index (χ0) is 19.8. The summed E-state index contributed by atoms with van der Waals surface area (Å²) < 4.78 is 13.1. The zero-order valence-corrected chi connectivity index (χ0v) is 15.9. The Balaban J connectivity index is 1.61. The van der Waals surface area contributed by atoms with Crippen molar-refractivity contribution >= 4 is 5.91 Å². The molecular formula is C24H25FN2O. The minimum Gasteiger partial charge on any atom is -0.348 e. The predicted octanol–water partition coefficient (Wildman–Crippen LogP) is 4.58. The second kappa shape index (κ2) is 9.81. The van der Waals surface area contributed by atoms with Gasteiger partial charge in [-0.05, 0) is 42.2 Å². The SMILES string of the molecule is CC(NC(=O)CNC(Cc1ccccc1)c1ccccc1)c1ccc(F)cc1. The standard InChI is InChI=1S/C24H25FN2O/c1-18(20-12-14-22(25)15-13-20)27-24(28)17-26-23(21-10-6-3-7-11-21)16-19-8-4-2-5-9-19/h2-15,18,23,26H,16-17H2,1H3,(H,27,28). The Morgan fingerprint density at radius 2 is 1.46 bits per heavy atom. The van der Waals surface area contributed by atoms with Crippen molar-refractivity contribution in [2.75, 3.05) is 6.54 Å². The zero-order valence-electron chi connectivity index (χ0n) is 15.9. The van der Waals surface area contributed by atoms with Gasteiger partial charge in [-0.15, -0.1) is 0 Å². The monoisotopic (exact) mass is 376 g/mol. The van der Waals surface area contributed by atoms with Crippen LogP contribution >= 0.6 is 0 Å². The summed E-state index contributed by atoms with van der Waals surface area (Å²) in [4.78, 5) is 12.4. The molecule has 1 amide bonds. The van der Waals surface area contributed by atoms with E-state index in [4.69, 9.17) is 0 Å². The average Bonchev–Trinajstić information content (AvgIpc) is 2.73. The van der Waals surface area contributed by atoms with E-state index in [1.165, 1.54) is 17.7 Å². The van der Waals surface area contributed by atoms with Crippen LogP contribution in [0, 0.1) is 5.82 Å². The predicted molar refractivity (Wildman–Crippen MR) is 110 cm³/mol. The Bertz CT molecular complexity index is 866. The van der Waals surface area contributed by atoms with Gasteiger partial charge in [0.15, 0.2) is 0 Å². The van der Waals surface area contributed by atoms with Crippen molar-refractivity contribution in [3.8, 4) is 0 Å². The van der Waals surface area contributed by atoms with Gasteiger partial charge in [-0.1, -0.05) is 72.8 Å². The number of carbonyl (C=O) groups is 1. The molecule has 0 aromatic heterocycles. The molecule has 2 N–H and O–H groups in total. The van der Waals surface area contributed by atoms with Gasteiger partial charge in [0, 0.05) is 6.04 Å². The minimum atomic E-state index is -0.282. The highest BCUT2D eigenvalue weighted by molar-refractivity contribution is 5.78. The summed E-state index contributed by atoms with van der Waals surface area (Å²) in [6.45, 7) is 2.10. The van der Waals surface area contributed by atoms with Crippen LogP contribution in [0.4, 0.5) is 4.39 Å². The summed E-state index contributed by atoms with van der Waals surface area (Å²) in [7, 11) is 0. The third-order valence-electron chi connectivity index (χ3n) is 4.74. The quantitative estimate of drug-likeness (QED) is 0.604. The first-order chi connectivity index (χ1) is 13.6. The largest absolute Gasteiger partial charge is 0.348 e. The molecule has 0 fully saturated rings. The fraction of sp³-hybridized carbons (Fsp3) is 0.208. The molecule has 4 heteroatoms. The van der Waals surface area contributed by atoms with Gasteiger partial charge in [0.25, 0.3) is 0 Å². The van der Waals surface area contributed by atoms with Gasteiger partial charge in [0.05, 0.1) is 12.6 Å². The van der Waals surface area contributed by atoms with Gasteiger partial charge in [-0.25, -0.2) is 4.39 Å². The molecule has 3 aromatic carbocycles. The molecule has 0 saturated heterocycles. The van der Waals surface area contributed by atoms with E-state index in [0.29, 0.717) is 0 Å². The summed E-state index contributed by atoms with van der Waals surface area (Å²) >= 11 is 0. The molecule has 144 valence electrons. The molecule has 0 aliphatic carbocycles. The van der Waals surface area contributed by atoms with E-state index < -0.39 is 0 Å². The van der Waals surface area contributed by atoms with E-state index in [1.54, 1.807) is 12.1 Å². The molecule has 28 heavy (non-hydrogen) atoms. The number of rotatable bonds is 8. The molecular weight excluding hydrogens is 351 g/mol. The molecule has 3 aromatic rings. The summed E-state index contributed by atoms with van der Waals surface area (Å²) in [5.74, 6) is -0.374. The van der Waals surface area contributed by atoms with Crippen molar-refractivity contribution in [2.24, 2.45) is 0 Å². The number of nitrogens with one attached hydrogen (secondary N) is 2. The van der Waals surface area contributed by atoms with Crippen molar-refractivity contribution in [2.45, 2.75) is 25.4 Å². The maximum absolute atomic E-state index is 13.1. The van der Waals surface area contributed by atoms with Gasteiger partial charge in [0.1, 0.15) is 5.82 Å². The molecule has 3 rings (SSSR count). The lowest BCUT2D eigenvalue weighted by Gasteiger charge is -2.21.